The van der Waals surface area contributed by atoms with Crippen LogP contribution in [0.25, 0.3) is 0 Å². The zero-order valence-electron chi connectivity index (χ0n) is 10.7. The Morgan fingerprint density at radius 2 is 2.05 bits per heavy atom. The lowest BCUT2D eigenvalue weighted by atomic mass is 9.85. The van der Waals surface area contributed by atoms with Gasteiger partial charge in [0.25, 0.3) is 5.69 Å². The standard InChI is InChI=1S/C13H15N3O3S/c17-16(18)9-5-3-8(4-6-9)11-10-2-1-7-19-12(10)15-13(20)14-11/h3-6,10-12H,1-2,7H2,(H2,14,15,20)/t10-,11-,12-/m0/s1. The van der Waals surface area contributed by atoms with Gasteiger partial charge in [0.05, 0.1) is 11.0 Å². The highest BCUT2D eigenvalue weighted by atomic mass is 32.1. The van der Waals surface area contributed by atoms with Crippen LogP contribution in [0.1, 0.15) is 24.4 Å². The van der Waals surface area contributed by atoms with E-state index in [0.717, 1.165) is 25.0 Å². The van der Waals surface area contributed by atoms with Crippen molar-refractivity contribution in [3.63, 3.8) is 0 Å². The molecular weight excluding hydrogens is 278 g/mol. The molecule has 0 unspecified atom stereocenters. The van der Waals surface area contributed by atoms with Gasteiger partial charge in [-0.15, -0.1) is 0 Å². The number of nitro groups is 1. The van der Waals surface area contributed by atoms with E-state index in [1.807, 2.05) is 0 Å². The number of ether oxygens (including phenoxy) is 1. The number of nitrogens with one attached hydrogen (secondary N) is 2. The summed E-state index contributed by atoms with van der Waals surface area (Å²) in [5, 5.41) is 17.7. The SMILES string of the molecule is O=[N+]([O-])c1ccc([C@@H]2NC(=S)N[C@H]3OCCC[C@H]32)cc1. The Morgan fingerprint density at radius 1 is 1.30 bits per heavy atom. The van der Waals surface area contributed by atoms with E-state index in [1.165, 1.54) is 12.1 Å². The first-order valence-electron chi connectivity index (χ1n) is 6.58. The van der Waals surface area contributed by atoms with Crippen LogP contribution in [0.2, 0.25) is 0 Å². The van der Waals surface area contributed by atoms with Gasteiger partial charge in [0, 0.05) is 24.7 Å². The topological polar surface area (TPSA) is 76.4 Å². The number of benzene rings is 1. The Hall–Kier alpha value is -1.73. The molecule has 0 bridgehead atoms. The Kier molecular flexibility index (Phi) is 3.54. The Balaban J connectivity index is 1.86. The van der Waals surface area contributed by atoms with Gasteiger partial charge in [-0.2, -0.15) is 0 Å². The second kappa shape index (κ2) is 5.34. The van der Waals surface area contributed by atoms with Crippen LogP contribution >= 0.6 is 12.2 Å². The van der Waals surface area contributed by atoms with Crippen molar-refractivity contribution in [3.8, 4) is 0 Å². The van der Waals surface area contributed by atoms with Crippen molar-refractivity contribution < 1.29 is 9.66 Å². The average Bonchev–Trinajstić information content (AvgIpc) is 2.46. The third-order valence-corrected chi connectivity index (χ3v) is 4.05. The molecule has 7 heteroatoms. The predicted octanol–water partition coefficient (Wildman–Crippen LogP) is 1.87. The van der Waals surface area contributed by atoms with Crippen molar-refractivity contribution in [2.24, 2.45) is 5.92 Å². The summed E-state index contributed by atoms with van der Waals surface area (Å²) < 4.78 is 5.72. The molecular formula is C13H15N3O3S. The average molecular weight is 293 g/mol. The summed E-state index contributed by atoms with van der Waals surface area (Å²) in [6.07, 6.45) is 1.98. The van der Waals surface area contributed by atoms with Gasteiger partial charge in [-0.1, -0.05) is 12.1 Å². The van der Waals surface area contributed by atoms with Crippen LogP contribution in [-0.2, 0) is 4.74 Å². The molecule has 20 heavy (non-hydrogen) atoms. The minimum Gasteiger partial charge on any atom is -0.358 e. The molecule has 0 saturated carbocycles. The molecule has 1 aromatic rings. The van der Waals surface area contributed by atoms with Gasteiger partial charge >= 0.3 is 0 Å². The van der Waals surface area contributed by atoms with Gasteiger partial charge in [0.1, 0.15) is 6.23 Å². The molecule has 3 rings (SSSR count). The van der Waals surface area contributed by atoms with Gasteiger partial charge in [0.2, 0.25) is 0 Å². The highest BCUT2D eigenvalue weighted by molar-refractivity contribution is 7.80. The molecule has 2 saturated heterocycles. The maximum absolute atomic E-state index is 10.7. The molecule has 2 N–H and O–H groups in total. The van der Waals surface area contributed by atoms with Crippen molar-refractivity contribution in [2.75, 3.05) is 6.61 Å². The maximum atomic E-state index is 10.7. The van der Waals surface area contributed by atoms with Crippen LogP contribution < -0.4 is 10.6 Å². The van der Waals surface area contributed by atoms with Gasteiger partial charge in [0.15, 0.2) is 5.11 Å². The van der Waals surface area contributed by atoms with E-state index >= 15 is 0 Å². The summed E-state index contributed by atoms with van der Waals surface area (Å²) in [6, 6.07) is 6.67. The van der Waals surface area contributed by atoms with Crippen LogP contribution in [0.4, 0.5) is 5.69 Å². The first-order valence-corrected chi connectivity index (χ1v) is 6.99. The lowest BCUT2D eigenvalue weighted by molar-refractivity contribution is -0.384. The second-order valence-electron chi connectivity index (χ2n) is 5.04. The van der Waals surface area contributed by atoms with E-state index in [2.05, 4.69) is 10.6 Å². The van der Waals surface area contributed by atoms with E-state index in [1.54, 1.807) is 12.1 Å². The Morgan fingerprint density at radius 3 is 2.75 bits per heavy atom. The zero-order valence-corrected chi connectivity index (χ0v) is 11.6. The normalized spacial score (nSPS) is 29.0. The molecule has 1 aromatic carbocycles. The van der Waals surface area contributed by atoms with E-state index in [-0.39, 0.29) is 23.9 Å². The van der Waals surface area contributed by atoms with Gasteiger partial charge in [-0.05, 0) is 30.6 Å². The number of nitro benzene ring substituents is 1. The predicted molar refractivity (Wildman–Crippen MR) is 77.2 cm³/mol. The Bertz CT molecular complexity index is 534. The molecule has 2 heterocycles. The lowest BCUT2D eigenvalue weighted by Crippen LogP contribution is -2.58. The van der Waals surface area contributed by atoms with Crippen molar-refractivity contribution in [1.82, 2.24) is 10.6 Å². The summed E-state index contributed by atoms with van der Waals surface area (Å²) in [6.45, 7) is 0.740. The van der Waals surface area contributed by atoms with E-state index < -0.39 is 4.92 Å². The molecule has 0 aliphatic carbocycles. The lowest BCUT2D eigenvalue weighted by Gasteiger charge is -2.43. The number of nitrogens with zero attached hydrogens (tertiary/aromatic N) is 1. The summed E-state index contributed by atoms with van der Waals surface area (Å²) in [7, 11) is 0. The van der Waals surface area contributed by atoms with Crippen LogP contribution in [-0.4, -0.2) is 22.9 Å². The van der Waals surface area contributed by atoms with Crippen LogP contribution in [0.15, 0.2) is 24.3 Å². The first kappa shape index (κ1) is 13.3. The molecule has 2 fully saturated rings. The largest absolute Gasteiger partial charge is 0.358 e. The highest BCUT2D eigenvalue weighted by Gasteiger charge is 2.38. The molecule has 106 valence electrons. The molecule has 0 spiro atoms. The van der Waals surface area contributed by atoms with Crippen molar-refractivity contribution in [1.29, 1.82) is 0 Å². The van der Waals surface area contributed by atoms with Crippen molar-refractivity contribution in [2.45, 2.75) is 25.1 Å². The summed E-state index contributed by atoms with van der Waals surface area (Å²) in [4.78, 5) is 10.3. The minimum atomic E-state index is -0.392. The monoisotopic (exact) mass is 293 g/mol. The second-order valence-corrected chi connectivity index (χ2v) is 5.45. The molecule has 0 radical (unpaired) electrons. The molecule has 2 aliphatic heterocycles. The maximum Gasteiger partial charge on any atom is 0.269 e. The highest BCUT2D eigenvalue weighted by Crippen LogP contribution is 2.34. The number of fused-ring (bicyclic) bond motifs is 1. The van der Waals surface area contributed by atoms with Crippen molar-refractivity contribution in [3.05, 3.63) is 39.9 Å². The fourth-order valence-corrected chi connectivity index (χ4v) is 3.09. The molecule has 0 aromatic heterocycles. The quantitative estimate of drug-likeness (QED) is 0.492. The number of hydrogen-bond acceptors (Lipinski definition) is 4. The number of non-ortho nitro benzene ring substituents is 1. The Labute approximate surface area is 121 Å². The van der Waals surface area contributed by atoms with Crippen LogP contribution in [0.3, 0.4) is 0 Å². The van der Waals surface area contributed by atoms with E-state index in [0.29, 0.717) is 5.11 Å². The van der Waals surface area contributed by atoms with E-state index in [9.17, 15) is 10.1 Å². The minimum absolute atomic E-state index is 0.0369. The molecule has 2 aliphatic rings. The smallest absolute Gasteiger partial charge is 0.269 e. The number of thiocarbonyl (C=S) groups is 1. The summed E-state index contributed by atoms with van der Waals surface area (Å²) >= 11 is 5.21. The van der Waals surface area contributed by atoms with Crippen LogP contribution in [0, 0.1) is 16.0 Å². The number of hydrogen-bond donors (Lipinski definition) is 2. The third kappa shape index (κ3) is 2.46. The van der Waals surface area contributed by atoms with Crippen molar-refractivity contribution >= 4 is 23.0 Å². The third-order valence-electron chi connectivity index (χ3n) is 3.82. The summed E-state index contributed by atoms with van der Waals surface area (Å²) in [5.41, 5.74) is 1.10. The van der Waals surface area contributed by atoms with Crippen LogP contribution in [0.5, 0.6) is 0 Å². The first-order chi connectivity index (χ1) is 9.65. The van der Waals surface area contributed by atoms with Gasteiger partial charge in [-0.3, -0.25) is 10.1 Å². The number of rotatable bonds is 2. The fourth-order valence-electron chi connectivity index (χ4n) is 2.85. The summed E-state index contributed by atoms with van der Waals surface area (Å²) in [5.74, 6) is 0.275. The zero-order chi connectivity index (χ0) is 14.1. The molecule has 3 atom stereocenters. The fraction of sp³-hybridized carbons (Fsp3) is 0.462. The van der Waals surface area contributed by atoms with Gasteiger partial charge in [-0.25, -0.2) is 0 Å². The molecule has 6 nitrogen and oxygen atoms in total. The van der Waals surface area contributed by atoms with E-state index in [4.69, 9.17) is 17.0 Å². The molecule has 0 amide bonds. The van der Waals surface area contributed by atoms with Gasteiger partial charge < -0.3 is 15.4 Å².